The van der Waals surface area contributed by atoms with Crippen molar-refractivity contribution in [1.82, 2.24) is 9.88 Å². The number of rotatable bonds is 7. The molecule has 0 amide bonds. The van der Waals surface area contributed by atoms with Crippen LogP contribution in [0.15, 0.2) is 66.9 Å². The van der Waals surface area contributed by atoms with Crippen molar-refractivity contribution in [3.05, 3.63) is 94.7 Å². The van der Waals surface area contributed by atoms with Crippen LogP contribution in [0.25, 0.3) is 10.9 Å². The lowest BCUT2D eigenvalue weighted by atomic mass is 9.70. The van der Waals surface area contributed by atoms with Crippen LogP contribution >= 0.6 is 0 Å². The Kier molecular flexibility index (Phi) is 7.40. The van der Waals surface area contributed by atoms with E-state index in [4.69, 9.17) is 16.3 Å². The van der Waals surface area contributed by atoms with E-state index in [9.17, 15) is 9.90 Å². The minimum absolute atomic E-state index is 0.421. The summed E-state index contributed by atoms with van der Waals surface area (Å²) in [7, 11) is 1.73. The van der Waals surface area contributed by atoms with E-state index >= 15 is 0 Å². The number of nitrogens with two attached hydrogens (primary N) is 2. The van der Waals surface area contributed by atoms with Crippen LogP contribution in [0, 0.1) is 12.3 Å². The molecule has 5 rings (SSSR count). The highest BCUT2D eigenvalue weighted by molar-refractivity contribution is 5.81. The molecule has 0 radical (unpaired) electrons. The van der Waals surface area contributed by atoms with Crippen LogP contribution < -0.4 is 21.3 Å². The van der Waals surface area contributed by atoms with Gasteiger partial charge >= 0.3 is 5.97 Å². The molecule has 0 saturated carbocycles. The van der Waals surface area contributed by atoms with E-state index in [0.717, 1.165) is 57.6 Å². The second-order valence-corrected chi connectivity index (χ2v) is 11.2. The van der Waals surface area contributed by atoms with E-state index in [-0.39, 0.29) is 0 Å². The molecule has 1 aliphatic heterocycles. The number of hydrogen-bond donors (Lipinski definition) is 3. The third-order valence-corrected chi connectivity index (χ3v) is 8.03. The third-order valence-electron chi connectivity index (χ3n) is 8.03. The van der Waals surface area contributed by atoms with Crippen molar-refractivity contribution < 1.29 is 14.6 Å². The zero-order valence-electron chi connectivity index (χ0n) is 23.5. The fourth-order valence-electron chi connectivity index (χ4n) is 5.73. The number of carbonyl (C=O) groups is 1. The number of carboxylic acid groups (broad SMARTS) is 1. The SMILES string of the molecule is Cc1c(C(c2cccc(CN3CCOc4cc5cccnc5cc4C3)c2)C(C)(C)C(=O)O)ccc(N(C)N)c1N. The molecule has 4 aromatic rings. The Morgan fingerprint density at radius 2 is 1.98 bits per heavy atom. The number of benzene rings is 3. The maximum absolute atomic E-state index is 12.5. The summed E-state index contributed by atoms with van der Waals surface area (Å²) >= 11 is 0. The minimum atomic E-state index is -1.09. The summed E-state index contributed by atoms with van der Waals surface area (Å²) < 4.78 is 6.11. The van der Waals surface area contributed by atoms with Crippen LogP contribution in [0.4, 0.5) is 11.4 Å². The van der Waals surface area contributed by atoms with Gasteiger partial charge in [-0.25, -0.2) is 5.84 Å². The van der Waals surface area contributed by atoms with Crippen molar-refractivity contribution in [1.29, 1.82) is 0 Å². The van der Waals surface area contributed by atoms with Gasteiger partial charge in [0.25, 0.3) is 0 Å². The highest BCUT2D eigenvalue weighted by Crippen LogP contribution is 2.45. The number of nitrogen functional groups attached to an aromatic ring is 1. The molecule has 1 aromatic heterocycles. The van der Waals surface area contributed by atoms with E-state index in [1.54, 1.807) is 20.9 Å². The first kappa shape index (κ1) is 27.4. The van der Waals surface area contributed by atoms with Crippen LogP contribution in [0.1, 0.15) is 47.6 Å². The molecule has 0 saturated heterocycles. The van der Waals surface area contributed by atoms with Crippen molar-refractivity contribution in [3.8, 4) is 5.75 Å². The van der Waals surface area contributed by atoms with Gasteiger partial charge in [-0.1, -0.05) is 36.4 Å². The average molecular weight is 540 g/mol. The number of hydrogen-bond acceptors (Lipinski definition) is 7. The Balaban J connectivity index is 1.48. The Labute approximate surface area is 235 Å². The van der Waals surface area contributed by atoms with Crippen molar-refractivity contribution in [2.45, 2.75) is 39.8 Å². The van der Waals surface area contributed by atoms with Crippen molar-refractivity contribution >= 4 is 28.2 Å². The van der Waals surface area contributed by atoms with Crippen molar-refractivity contribution in [3.63, 3.8) is 0 Å². The first-order valence-electron chi connectivity index (χ1n) is 13.5. The zero-order valence-corrected chi connectivity index (χ0v) is 23.5. The van der Waals surface area contributed by atoms with Gasteiger partial charge in [0, 0.05) is 49.7 Å². The predicted octanol–water partition coefficient (Wildman–Crippen LogP) is 5.07. The monoisotopic (exact) mass is 539 g/mol. The zero-order chi connectivity index (χ0) is 28.6. The maximum Gasteiger partial charge on any atom is 0.310 e. The summed E-state index contributed by atoms with van der Waals surface area (Å²) in [4.78, 5) is 19.4. The molecule has 5 N–H and O–H groups in total. The fraction of sp³-hybridized carbons (Fsp3) is 0.312. The van der Waals surface area contributed by atoms with Gasteiger partial charge in [0.2, 0.25) is 0 Å². The highest BCUT2D eigenvalue weighted by atomic mass is 16.5. The van der Waals surface area contributed by atoms with Crippen molar-refractivity contribution in [2.24, 2.45) is 11.3 Å². The molecule has 1 unspecified atom stereocenters. The molecule has 2 heterocycles. The smallest absolute Gasteiger partial charge is 0.310 e. The lowest BCUT2D eigenvalue weighted by Crippen LogP contribution is -2.33. The summed E-state index contributed by atoms with van der Waals surface area (Å²) in [5, 5.41) is 12.8. The second kappa shape index (κ2) is 10.8. The summed E-state index contributed by atoms with van der Waals surface area (Å²) in [6.07, 6.45) is 1.81. The lowest BCUT2D eigenvalue weighted by Gasteiger charge is -2.34. The standard InChI is InChI=1S/C32H37N5O3/c1-20-25(10-11-27(30(20)33)36(4)34)29(32(2,3)31(38)39)23-8-5-7-21(15-23)18-37-13-14-40-28-17-22-9-6-12-35-26(22)16-24(28)19-37/h5-12,15-17,29H,13-14,18-19,33-34H2,1-4H3,(H,38,39). The molecule has 1 aliphatic rings. The van der Waals surface area contributed by atoms with Gasteiger partial charge in [0.15, 0.2) is 0 Å². The van der Waals surface area contributed by atoms with Gasteiger partial charge in [-0.05, 0) is 67.3 Å². The van der Waals surface area contributed by atoms with E-state index < -0.39 is 17.3 Å². The van der Waals surface area contributed by atoms with Gasteiger partial charge < -0.3 is 20.6 Å². The Hall–Kier alpha value is -4.14. The van der Waals surface area contributed by atoms with Gasteiger partial charge in [-0.3, -0.25) is 14.7 Å². The minimum Gasteiger partial charge on any atom is -0.492 e. The van der Waals surface area contributed by atoms with E-state index in [1.807, 2.05) is 49.5 Å². The molecule has 8 nitrogen and oxygen atoms in total. The molecule has 0 spiro atoms. The summed E-state index contributed by atoms with van der Waals surface area (Å²) in [6, 6.07) is 20.2. The molecule has 3 aromatic carbocycles. The fourth-order valence-corrected chi connectivity index (χ4v) is 5.73. The first-order chi connectivity index (χ1) is 19.1. The van der Waals surface area contributed by atoms with Gasteiger partial charge in [-0.2, -0.15) is 0 Å². The first-order valence-corrected chi connectivity index (χ1v) is 13.5. The molecule has 0 bridgehead atoms. The van der Waals surface area contributed by atoms with E-state index in [1.165, 1.54) is 5.01 Å². The number of fused-ring (bicyclic) bond motifs is 2. The second-order valence-electron chi connectivity index (χ2n) is 11.2. The Bertz CT molecular complexity index is 1570. The number of anilines is 2. The molecule has 8 heteroatoms. The molecule has 40 heavy (non-hydrogen) atoms. The molecule has 0 fully saturated rings. The van der Waals surface area contributed by atoms with Crippen LogP contribution in [0.2, 0.25) is 0 Å². The van der Waals surface area contributed by atoms with Crippen LogP contribution in [-0.4, -0.2) is 41.2 Å². The normalized spacial score (nSPS) is 14.7. The topological polar surface area (TPSA) is 118 Å². The number of aromatic nitrogens is 1. The number of carboxylic acids is 1. The molecule has 1 atom stereocenters. The van der Waals surface area contributed by atoms with Crippen molar-refractivity contribution in [2.75, 3.05) is 30.9 Å². The Morgan fingerprint density at radius 1 is 1.18 bits per heavy atom. The third kappa shape index (κ3) is 5.20. The number of aliphatic carboxylic acids is 1. The quantitative estimate of drug-likeness (QED) is 0.169. The number of ether oxygens (including phenoxy) is 1. The number of hydrazine groups is 1. The Morgan fingerprint density at radius 3 is 2.73 bits per heavy atom. The number of pyridine rings is 1. The summed E-state index contributed by atoms with van der Waals surface area (Å²) in [6.45, 7) is 8.28. The molecular weight excluding hydrogens is 502 g/mol. The predicted molar refractivity (Wildman–Crippen MR) is 159 cm³/mol. The van der Waals surface area contributed by atoms with E-state index in [0.29, 0.717) is 24.5 Å². The number of nitrogens with zero attached hydrogens (tertiary/aromatic N) is 3. The van der Waals surface area contributed by atoms with Gasteiger partial charge in [-0.15, -0.1) is 0 Å². The summed E-state index contributed by atoms with van der Waals surface area (Å²) in [5.41, 5.74) is 12.5. The van der Waals surface area contributed by atoms with E-state index in [2.05, 4.69) is 34.1 Å². The van der Waals surface area contributed by atoms with Gasteiger partial charge in [0.1, 0.15) is 12.4 Å². The molecule has 0 aliphatic carbocycles. The lowest BCUT2D eigenvalue weighted by molar-refractivity contribution is -0.147. The molecular formula is C32H37N5O3. The summed E-state index contributed by atoms with van der Waals surface area (Å²) in [5.74, 6) is 5.58. The molecule has 208 valence electrons. The largest absolute Gasteiger partial charge is 0.492 e. The van der Waals surface area contributed by atoms with Crippen LogP contribution in [0.5, 0.6) is 5.75 Å². The highest BCUT2D eigenvalue weighted by Gasteiger charge is 2.40. The average Bonchev–Trinajstić information content (AvgIpc) is 3.10. The van der Waals surface area contributed by atoms with Crippen LogP contribution in [-0.2, 0) is 17.9 Å². The van der Waals surface area contributed by atoms with Crippen LogP contribution in [0.3, 0.4) is 0 Å². The van der Waals surface area contributed by atoms with Gasteiger partial charge in [0.05, 0.1) is 22.3 Å². The maximum atomic E-state index is 12.5.